The lowest BCUT2D eigenvalue weighted by molar-refractivity contribution is 0.0940. The number of amides is 1. The van der Waals surface area contributed by atoms with Crippen LogP contribution in [0.1, 0.15) is 36.5 Å². The van der Waals surface area contributed by atoms with E-state index >= 15 is 0 Å². The third-order valence-corrected chi connectivity index (χ3v) is 2.93. The molecule has 0 spiro atoms. The molecule has 0 aromatic carbocycles. The summed E-state index contributed by atoms with van der Waals surface area (Å²) in [5, 5.41) is 14.6. The molecule has 0 radical (unpaired) electrons. The molecule has 0 bridgehead atoms. The van der Waals surface area contributed by atoms with E-state index in [1.165, 1.54) is 11.3 Å². The molecule has 1 aromatic rings. The maximum atomic E-state index is 11.7. The van der Waals surface area contributed by atoms with Gasteiger partial charge in [0, 0.05) is 26.3 Å². The molecular weight excluding hydrogens is 252 g/mol. The van der Waals surface area contributed by atoms with E-state index in [9.17, 15) is 4.79 Å². The van der Waals surface area contributed by atoms with Crippen molar-refractivity contribution in [2.75, 3.05) is 31.6 Å². The molecule has 0 aliphatic carbocycles. The molecule has 0 saturated carbocycles. The summed E-state index contributed by atoms with van der Waals surface area (Å²) in [5.74, 6) is -0.174. The van der Waals surface area contributed by atoms with Gasteiger partial charge >= 0.3 is 0 Å². The predicted octanol–water partition coefficient (Wildman–Crippen LogP) is 1.52. The number of nitrogens with one attached hydrogen (secondary N) is 2. The Hall–Kier alpha value is -1.21. The fraction of sp³-hybridized carbons (Fsp3) is 0.727. The van der Waals surface area contributed by atoms with Crippen LogP contribution in [-0.2, 0) is 4.74 Å². The van der Waals surface area contributed by atoms with Gasteiger partial charge in [-0.25, -0.2) is 0 Å². The Kier molecular flexibility index (Phi) is 7.28. The van der Waals surface area contributed by atoms with E-state index in [2.05, 4.69) is 27.8 Å². The molecule has 102 valence electrons. The van der Waals surface area contributed by atoms with Crippen molar-refractivity contribution in [1.82, 2.24) is 15.5 Å². The van der Waals surface area contributed by atoms with Gasteiger partial charge in [0.25, 0.3) is 5.91 Å². The standard InChI is InChI=1S/C11H20N4O2S/c1-3-7-17-8-5-6-13-9(16)10-14-15-11(18-10)12-4-2/h3-8H2,1-2H3,(H,12,15)(H,13,16). The number of ether oxygens (including phenoxy) is 1. The van der Waals surface area contributed by atoms with Crippen molar-refractivity contribution in [3.8, 4) is 0 Å². The number of hydrogen-bond donors (Lipinski definition) is 2. The number of aromatic nitrogens is 2. The second kappa shape index (κ2) is 8.82. The summed E-state index contributed by atoms with van der Waals surface area (Å²) >= 11 is 1.26. The molecule has 0 aliphatic rings. The lowest BCUT2D eigenvalue weighted by atomic mass is 10.4. The van der Waals surface area contributed by atoms with Crippen LogP contribution in [0, 0.1) is 0 Å². The van der Waals surface area contributed by atoms with Crippen molar-refractivity contribution in [1.29, 1.82) is 0 Å². The van der Waals surface area contributed by atoms with Crippen molar-refractivity contribution in [2.24, 2.45) is 0 Å². The zero-order chi connectivity index (χ0) is 13.2. The third-order valence-electron chi connectivity index (χ3n) is 2.05. The Morgan fingerprint density at radius 2 is 2.17 bits per heavy atom. The van der Waals surface area contributed by atoms with Crippen LogP contribution in [0.3, 0.4) is 0 Å². The first kappa shape index (κ1) is 14.8. The molecule has 0 saturated heterocycles. The lowest BCUT2D eigenvalue weighted by Gasteiger charge is -2.03. The Balaban J connectivity index is 2.19. The second-order valence-corrected chi connectivity index (χ2v) is 4.64. The fourth-order valence-electron chi connectivity index (χ4n) is 1.24. The maximum Gasteiger partial charge on any atom is 0.282 e. The van der Waals surface area contributed by atoms with Crippen molar-refractivity contribution in [3.05, 3.63) is 5.01 Å². The Labute approximate surface area is 111 Å². The average molecular weight is 272 g/mol. The topological polar surface area (TPSA) is 76.1 Å². The number of rotatable bonds is 9. The summed E-state index contributed by atoms with van der Waals surface area (Å²) in [4.78, 5) is 11.7. The predicted molar refractivity (Wildman–Crippen MR) is 72.1 cm³/mol. The van der Waals surface area contributed by atoms with E-state index in [-0.39, 0.29) is 5.91 Å². The summed E-state index contributed by atoms with van der Waals surface area (Å²) < 4.78 is 5.32. The fourth-order valence-corrected chi connectivity index (χ4v) is 1.96. The van der Waals surface area contributed by atoms with E-state index < -0.39 is 0 Å². The van der Waals surface area contributed by atoms with Gasteiger partial charge < -0.3 is 15.4 Å². The van der Waals surface area contributed by atoms with Crippen molar-refractivity contribution in [2.45, 2.75) is 26.7 Å². The SMILES string of the molecule is CCCOCCCNC(=O)c1nnc(NCC)s1. The zero-order valence-corrected chi connectivity index (χ0v) is 11.7. The number of carbonyl (C=O) groups excluding carboxylic acids is 1. The summed E-state index contributed by atoms with van der Waals surface area (Å²) in [7, 11) is 0. The van der Waals surface area contributed by atoms with E-state index in [0.717, 1.165) is 26.0 Å². The molecule has 2 N–H and O–H groups in total. The second-order valence-electron chi connectivity index (χ2n) is 3.66. The molecule has 0 atom stereocenters. The monoisotopic (exact) mass is 272 g/mol. The van der Waals surface area contributed by atoms with Crippen LogP contribution >= 0.6 is 11.3 Å². The van der Waals surface area contributed by atoms with E-state index in [1.54, 1.807) is 0 Å². The van der Waals surface area contributed by atoms with Crippen molar-refractivity contribution < 1.29 is 9.53 Å². The van der Waals surface area contributed by atoms with Crippen molar-refractivity contribution >= 4 is 22.4 Å². The van der Waals surface area contributed by atoms with Crippen LogP contribution in [0.15, 0.2) is 0 Å². The number of anilines is 1. The first-order valence-electron chi connectivity index (χ1n) is 6.21. The molecule has 0 aliphatic heterocycles. The van der Waals surface area contributed by atoms with Crippen LogP contribution < -0.4 is 10.6 Å². The molecule has 1 aromatic heterocycles. The van der Waals surface area contributed by atoms with Crippen LogP contribution in [0.25, 0.3) is 0 Å². The Bertz CT molecular complexity index is 357. The highest BCUT2D eigenvalue weighted by Crippen LogP contribution is 2.14. The summed E-state index contributed by atoms with van der Waals surface area (Å²) in [6.45, 7) is 6.85. The van der Waals surface area contributed by atoms with Gasteiger partial charge in [0.15, 0.2) is 0 Å². The number of hydrogen-bond acceptors (Lipinski definition) is 6. The summed E-state index contributed by atoms with van der Waals surface area (Å²) in [5.41, 5.74) is 0. The van der Waals surface area contributed by atoms with E-state index in [0.29, 0.717) is 23.3 Å². The van der Waals surface area contributed by atoms with Gasteiger partial charge in [-0.15, -0.1) is 10.2 Å². The Morgan fingerprint density at radius 1 is 1.33 bits per heavy atom. The molecule has 1 amide bonds. The minimum absolute atomic E-state index is 0.174. The van der Waals surface area contributed by atoms with Gasteiger partial charge in [-0.1, -0.05) is 18.3 Å². The van der Waals surface area contributed by atoms with Gasteiger partial charge in [0.1, 0.15) is 0 Å². The highest BCUT2D eigenvalue weighted by molar-refractivity contribution is 7.17. The zero-order valence-electron chi connectivity index (χ0n) is 10.9. The van der Waals surface area contributed by atoms with Crippen molar-refractivity contribution in [3.63, 3.8) is 0 Å². The number of carbonyl (C=O) groups is 1. The molecule has 6 nitrogen and oxygen atoms in total. The van der Waals surface area contributed by atoms with Crippen LogP contribution in [-0.4, -0.2) is 42.4 Å². The van der Waals surface area contributed by atoms with Gasteiger partial charge in [0.2, 0.25) is 10.1 Å². The maximum absolute atomic E-state index is 11.7. The van der Waals surface area contributed by atoms with Crippen LogP contribution in [0.2, 0.25) is 0 Å². The van der Waals surface area contributed by atoms with E-state index in [1.807, 2.05) is 6.92 Å². The molecule has 1 rings (SSSR count). The van der Waals surface area contributed by atoms with Gasteiger partial charge in [-0.05, 0) is 19.8 Å². The van der Waals surface area contributed by atoms with Crippen LogP contribution in [0.5, 0.6) is 0 Å². The molecule has 0 fully saturated rings. The molecular formula is C11H20N4O2S. The average Bonchev–Trinajstić information content (AvgIpc) is 2.82. The molecule has 7 heteroatoms. The summed E-state index contributed by atoms with van der Waals surface area (Å²) in [6.07, 6.45) is 1.83. The smallest absolute Gasteiger partial charge is 0.282 e. The van der Waals surface area contributed by atoms with Gasteiger partial charge in [-0.2, -0.15) is 0 Å². The first-order chi connectivity index (χ1) is 8.77. The highest BCUT2D eigenvalue weighted by Gasteiger charge is 2.11. The quantitative estimate of drug-likeness (QED) is 0.666. The van der Waals surface area contributed by atoms with E-state index in [4.69, 9.17) is 4.74 Å². The molecule has 1 heterocycles. The summed E-state index contributed by atoms with van der Waals surface area (Å²) in [6, 6.07) is 0. The van der Waals surface area contributed by atoms with Gasteiger partial charge in [-0.3, -0.25) is 4.79 Å². The normalized spacial score (nSPS) is 10.3. The van der Waals surface area contributed by atoms with Crippen LogP contribution in [0.4, 0.5) is 5.13 Å². The largest absolute Gasteiger partial charge is 0.381 e. The van der Waals surface area contributed by atoms with Gasteiger partial charge in [0.05, 0.1) is 0 Å². The lowest BCUT2D eigenvalue weighted by Crippen LogP contribution is -2.25. The third kappa shape index (κ3) is 5.42. The first-order valence-corrected chi connectivity index (χ1v) is 7.02. The Morgan fingerprint density at radius 3 is 2.89 bits per heavy atom. The highest BCUT2D eigenvalue weighted by atomic mass is 32.1. The molecule has 0 unspecified atom stereocenters. The minimum Gasteiger partial charge on any atom is -0.381 e. The number of nitrogens with zero attached hydrogens (tertiary/aromatic N) is 2. The minimum atomic E-state index is -0.174. The molecule has 18 heavy (non-hydrogen) atoms.